The summed E-state index contributed by atoms with van der Waals surface area (Å²) in [6.07, 6.45) is 3.78. The zero-order valence-electron chi connectivity index (χ0n) is 12.5. The zero-order chi connectivity index (χ0) is 16.1. The molecule has 22 heavy (non-hydrogen) atoms. The predicted octanol–water partition coefficient (Wildman–Crippen LogP) is 2.54. The highest BCUT2D eigenvalue weighted by atomic mass is 35.5. The minimum Gasteiger partial charge on any atom is -0.396 e. The maximum atomic E-state index is 13.9. The lowest BCUT2D eigenvalue weighted by Crippen LogP contribution is -2.22. The van der Waals surface area contributed by atoms with Crippen LogP contribution in [0.5, 0.6) is 0 Å². The first-order chi connectivity index (χ1) is 10.5. The van der Waals surface area contributed by atoms with Gasteiger partial charge in [0.15, 0.2) is 11.6 Å². The van der Waals surface area contributed by atoms with E-state index in [9.17, 15) is 9.50 Å². The molecular weight excluding hydrogens is 307 g/mol. The Bertz CT molecular complexity index is 653. The lowest BCUT2D eigenvalue weighted by Gasteiger charge is -2.17. The van der Waals surface area contributed by atoms with Gasteiger partial charge in [-0.2, -0.15) is 0 Å². The molecule has 2 aromatic rings. The number of rotatable bonds is 6. The first-order valence-corrected chi connectivity index (χ1v) is 7.33. The molecule has 0 fully saturated rings. The van der Waals surface area contributed by atoms with Gasteiger partial charge in [0, 0.05) is 31.5 Å². The molecule has 0 aliphatic carbocycles. The van der Waals surface area contributed by atoms with Gasteiger partial charge in [0.05, 0.1) is 10.7 Å². The van der Waals surface area contributed by atoms with Gasteiger partial charge >= 0.3 is 0 Å². The van der Waals surface area contributed by atoms with Crippen molar-refractivity contribution in [2.45, 2.75) is 20.3 Å². The van der Waals surface area contributed by atoms with Crippen molar-refractivity contribution in [1.29, 1.82) is 0 Å². The average molecular weight is 325 g/mol. The number of pyridine rings is 1. The lowest BCUT2D eigenvalue weighted by atomic mass is 10.0. The molecule has 2 aromatic heterocycles. The highest BCUT2D eigenvalue weighted by molar-refractivity contribution is 6.31. The number of aliphatic hydroxyl groups excluding tert-OH is 1. The van der Waals surface area contributed by atoms with Crippen LogP contribution in [0.25, 0.3) is 0 Å². The molecule has 5 nitrogen and oxygen atoms in total. The van der Waals surface area contributed by atoms with Crippen molar-refractivity contribution in [3.05, 3.63) is 46.4 Å². The van der Waals surface area contributed by atoms with Crippen LogP contribution < -0.4 is 5.32 Å². The van der Waals surface area contributed by atoms with Crippen molar-refractivity contribution in [1.82, 2.24) is 15.0 Å². The summed E-state index contributed by atoms with van der Waals surface area (Å²) in [5, 5.41) is 13.0. The number of nitrogens with one attached hydrogen (secondary N) is 1. The molecule has 2 heterocycles. The Morgan fingerprint density at radius 1 is 1.36 bits per heavy atom. The summed E-state index contributed by atoms with van der Waals surface area (Å²) in [5.74, 6) is 0.0718. The molecule has 0 saturated heterocycles. The average Bonchev–Trinajstić information content (AvgIpc) is 2.49. The number of hydrogen-bond acceptors (Lipinski definition) is 5. The second kappa shape index (κ2) is 7.47. The Balaban J connectivity index is 2.04. The summed E-state index contributed by atoms with van der Waals surface area (Å²) in [6, 6.07) is 1.81. The van der Waals surface area contributed by atoms with Gasteiger partial charge in [-0.15, -0.1) is 0 Å². The number of anilines is 1. The van der Waals surface area contributed by atoms with Crippen LogP contribution in [0, 0.1) is 25.6 Å². The topological polar surface area (TPSA) is 70.9 Å². The summed E-state index contributed by atoms with van der Waals surface area (Å²) < 4.78 is 13.9. The third-order valence-corrected chi connectivity index (χ3v) is 3.65. The molecule has 0 amide bonds. The normalized spacial score (nSPS) is 12.2. The fraction of sp³-hybridized carbons (Fsp3) is 0.400. The summed E-state index contributed by atoms with van der Waals surface area (Å²) in [6.45, 7) is 3.63. The third kappa shape index (κ3) is 4.11. The second-order valence-corrected chi connectivity index (χ2v) is 5.53. The highest BCUT2D eigenvalue weighted by Gasteiger charge is 2.14. The molecule has 1 unspecified atom stereocenters. The fourth-order valence-electron chi connectivity index (χ4n) is 2.14. The van der Waals surface area contributed by atoms with Crippen LogP contribution in [-0.4, -0.2) is 33.2 Å². The Kier molecular flexibility index (Phi) is 5.63. The summed E-state index contributed by atoms with van der Waals surface area (Å²) >= 11 is 6.06. The molecule has 1 atom stereocenters. The van der Waals surface area contributed by atoms with Crippen LogP contribution >= 0.6 is 11.6 Å². The molecule has 2 rings (SSSR count). The molecule has 0 aromatic carbocycles. The number of aliphatic hydroxyl groups is 1. The monoisotopic (exact) mass is 324 g/mol. The molecule has 0 radical (unpaired) electrons. The van der Waals surface area contributed by atoms with E-state index in [2.05, 4.69) is 20.3 Å². The molecule has 118 valence electrons. The maximum absolute atomic E-state index is 13.9. The summed E-state index contributed by atoms with van der Waals surface area (Å²) in [4.78, 5) is 11.9. The van der Waals surface area contributed by atoms with Gasteiger partial charge in [-0.1, -0.05) is 11.6 Å². The second-order valence-electron chi connectivity index (χ2n) is 5.12. The van der Waals surface area contributed by atoms with Crippen LogP contribution in [0.1, 0.15) is 17.1 Å². The van der Waals surface area contributed by atoms with E-state index in [-0.39, 0.29) is 18.3 Å². The van der Waals surface area contributed by atoms with Gasteiger partial charge in [-0.25, -0.2) is 14.4 Å². The lowest BCUT2D eigenvalue weighted by molar-refractivity contribution is 0.232. The molecule has 2 N–H and O–H groups in total. The number of aromatic nitrogens is 3. The predicted molar refractivity (Wildman–Crippen MR) is 83.5 cm³/mol. The molecule has 0 aliphatic rings. The van der Waals surface area contributed by atoms with Crippen molar-refractivity contribution in [2.75, 3.05) is 18.5 Å². The van der Waals surface area contributed by atoms with Crippen molar-refractivity contribution >= 4 is 17.4 Å². The van der Waals surface area contributed by atoms with E-state index in [0.29, 0.717) is 29.5 Å². The first-order valence-electron chi connectivity index (χ1n) is 6.95. The van der Waals surface area contributed by atoms with Crippen LogP contribution in [0.4, 0.5) is 10.2 Å². The van der Waals surface area contributed by atoms with Crippen molar-refractivity contribution in [3.8, 4) is 0 Å². The van der Waals surface area contributed by atoms with Gasteiger partial charge in [0.25, 0.3) is 0 Å². The Morgan fingerprint density at radius 3 is 2.82 bits per heavy atom. The van der Waals surface area contributed by atoms with E-state index in [1.807, 2.05) is 6.07 Å². The zero-order valence-corrected chi connectivity index (χ0v) is 13.2. The molecule has 7 heteroatoms. The standard InChI is InChI=1S/C15H18ClFN4O/c1-9-14(17)15(21-10(2)20-9)19-6-11(8-22)5-12-3-4-18-7-13(12)16/h3-4,7,11,22H,5-6,8H2,1-2H3,(H,19,20,21). The molecule has 0 bridgehead atoms. The van der Waals surface area contributed by atoms with Crippen molar-refractivity contribution < 1.29 is 9.50 Å². The van der Waals surface area contributed by atoms with Crippen LogP contribution in [0.3, 0.4) is 0 Å². The van der Waals surface area contributed by atoms with E-state index in [1.54, 1.807) is 26.2 Å². The Hall–Kier alpha value is -1.79. The van der Waals surface area contributed by atoms with Crippen LogP contribution in [0.2, 0.25) is 5.02 Å². The van der Waals surface area contributed by atoms with Crippen molar-refractivity contribution in [3.63, 3.8) is 0 Å². The summed E-state index contributed by atoms with van der Waals surface area (Å²) in [7, 11) is 0. The van der Waals surface area contributed by atoms with Crippen LogP contribution in [-0.2, 0) is 6.42 Å². The van der Waals surface area contributed by atoms with E-state index < -0.39 is 5.82 Å². The van der Waals surface area contributed by atoms with E-state index in [4.69, 9.17) is 11.6 Å². The van der Waals surface area contributed by atoms with E-state index >= 15 is 0 Å². The van der Waals surface area contributed by atoms with Gasteiger partial charge in [-0.3, -0.25) is 4.98 Å². The molecule has 0 aliphatic heterocycles. The molecule has 0 spiro atoms. The SMILES string of the molecule is Cc1nc(C)c(F)c(NCC(CO)Cc2ccncc2Cl)n1. The molecular formula is C15H18ClFN4O. The Labute approximate surface area is 133 Å². The van der Waals surface area contributed by atoms with E-state index in [0.717, 1.165) is 5.56 Å². The van der Waals surface area contributed by atoms with Gasteiger partial charge in [0.1, 0.15) is 5.82 Å². The fourth-order valence-corrected chi connectivity index (χ4v) is 2.34. The largest absolute Gasteiger partial charge is 0.396 e. The maximum Gasteiger partial charge on any atom is 0.186 e. The number of aryl methyl sites for hydroxylation is 2. The summed E-state index contributed by atoms with van der Waals surface area (Å²) in [5.41, 5.74) is 1.20. The third-order valence-electron chi connectivity index (χ3n) is 3.31. The molecule has 0 saturated carbocycles. The minimum absolute atomic E-state index is 0.0453. The van der Waals surface area contributed by atoms with Gasteiger partial charge in [0.2, 0.25) is 0 Å². The Morgan fingerprint density at radius 2 is 2.14 bits per heavy atom. The van der Waals surface area contributed by atoms with Crippen molar-refractivity contribution in [2.24, 2.45) is 5.92 Å². The van der Waals surface area contributed by atoms with Gasteiger partial charge < -0.3 is 10.4 Å². The minimum atomic E-state index is -0.468. The number of nitrogens with zero attached hydrogens (tertiary/aromatic N) is 3. The van der Waals surface area contributed by atoms with Crippen LogP contribution in [0.15, 0.2) is 18.5 Å². The number of hydrogen-bond donors (Lipinski definition) is 2. The number of halogens is 2. The van der Waals surface area contributed by atoms with Gasteiger partial charge in [-0.05, 0) is 31.9 Å². The smallest absolute Gasteiger partial charge is 0.186 e. The first kappa shape index (κ1) is 16.6. The quantitative estimate of drug-likeness (QED) is 0.854. The highest BCUT2D eigenvalue weighted by Crippen LogP contribution is 2.19. The van der Waals surface area contributed by atoms with E-state index in [1.165, 1.54) is 0 Å².